The van der Waals surface area contributed by atoms with Crippen molar-refractivity contribution in [2.45, 2.75) is 0 Å². The lowest BCUT2D eigenvalue weighted by atomic mass is 10.0. The standard InChI is InChI=1S/C15H12F2O4/c1-20-13-6-8(5-11(15(18)19)14(13)21-2)10-4-3-9(16)7-12(10)17/h3-7H,1-2H3,(H,18,19). The molecular formula is C15H12F2O4. The Balaban J connectivity index is 2.70. The van der Waals surface area contributed by atoms with Crippen LogP contribution in [-0.4, -0.2) is 25.3 Å². The molecule has 4 nitrogen and oxygen atoms in total. The van der Waals surface area contributed by atoms with E-state index >= 15 is 0 Å². The molecule has 0 unspecified atom stereocenters. The Morgan fingerprint density at radius 2 is 1.81 bits per heavy atom. The Morgan fingerprint density at radius 3 is 2.33 bits per heavy atom. The predicted molar refractivity (Wildman–Crippen MR) is 71.9 cm³/mol. The van der Waals surface area contributed by atoms with Crippen molar-refractivity contribution in [3.63, 3.8) is 0 Å². The smallest absolute Gasteiger partial charge is 0.339 e. The molecule has 0 atom stereocenters. The molecule has 2 aromatic rings. The number of halogens is 2. The number of aromatic carboxylic acids is 1. The summed E-state index contributed by atoms with van der Waals surface area (Å²) < 4.78 is 36.9. The molecule has 0 aliphatic heterocycles. The van der Waals surface area contributed by atoms with Gasteiger partial charge in [0.25, 0.3) is 0 Å². The SMILES string of the molecule is COc1cc(-c2ccc(F)cc2F)cc(C(=O)O)c1OC. The van der Waals surface area contributed by atoms with Crippen molar-refractivity contribution in [3.05, 3.63) is 47.5 Å². The summed E-state index contributed by atoms with van der Waals surface area (Å²) in [7, 11) is 2.65. The first-order valence-corrected chi connectivity index (χ1v) is 5.92. The van der Waals surface area contributed by atoms with E-state index < -0.39 is 17.6 Å². The maximum absolute atomic E-state index is 13.8. The molecule has 0 bridgehead atoms. The molecular weight excluding hydrogens is 282 g/mol. The molecule has 0 radical (unpaired) electrons. The fourth-order valence-corrected chi connectivity index (χ4v) is 2.00. The maximum Gasteiger partial charge on any atom is 0.339 e. The van der Waals surface area contributed by atoms with Crippen LogP contribution in [0.15, 0.2) is 30.3 Å². The molecule has 21 heavy (non-hydrogen) atoms. The zero-order valence-electron chi connectivity index (χ0n) is 11.3. The van der Waals surface area contributed by atoms with Gasteiger partial charge < -0.3 is 14.6 Å². The Kier molecular flexibility index (Phi) is 4.07. The molecule has 0 saturated heterocycles. The average Bonchev–Trinajstić information content (AvgIpc) is 2.45. The molecule has 0 heterocycles. The minimum atomic E-state index is -1.24. The molecule has 0 fully saturated rings. The van der Waals surface area contributed by atoms with Crippen LogP contribution in [0.1, 0.15) is 10.4 Å². The summed E-state index contributed by atoms with van der Waals surface area (Å²) in [6.45, 7) is 0. The van der Waals surface area contributed by atoms with Gasteiger partial charge in [0.05, 0.1) is 14.2 Å². The second kappa shape index (κ2) is 5.78. The van der Waals surface area contributed by atoms with Crippen molar-refractivity contribution in [2.24, 2.45) is 0 Å². The highest BCUT2D eigenvalue weighted by atomic mass is 19.1. The summed E-state index contributed by atoms with van der Waals surface area (Å²) in [5.74, 6) is -2.56. The number of methoxy groups -OCH3 is 2. The van der Waals surface area contributed by atoms with E-state index in [0.29, 0.717) is 0 Å². The van der Waals surface area contributed by atoms with E-state index in [0.717, 1.165) is 12.1 Å². The maximum atomic E-state index is 13.8. The number of hydrogen-bond donors (Lipinski definition) is 1. The normalized spacial score (nSPS) is 10.3. The van der Waals surface area contributed by atoms with Gasteiger partial charge in [-0.2, -0.15) is 0 Å². The van der Waals surface area contributed by atoms with Gasteiger partial charge in [0, 0.05) is 11.6 Å². The number of rotatable bonds is 4. The van der Waals surface area contributed by atoms with E-state index in [1.165, 1.54) is 32.4 Å². The Hall–Kier alpha value is -2.63. The number of carboxylic acids is 1. The second-order valence-corrected chi connectivity index (χ2v) is 4.19. The van der Waals surface area contributed by atoms with Crippen LogP contribution in [0.5, 0.6) is 11.5 Å². The highest BCUT2D eigenvalue weighted by Crippen LogP contribution is 2.37. The van der Waals surface area contributed by atoms with Gasteiger partial charge in [-0.15, -0.1) is 0 Å². The second-order valence-electron chi connectivity index (χ2n) is 4.19. The third kappa shape index (κ3) is 2.79. The van der Waals surface area contributed by atoms with E-state index in [1.54, 1.807) is 0 Å². The number of ether oxygens (including phenoxy) is 2. The molecule has 0 aliphatic carbocycles. The summed E-state index contributed by atoms with van der Waals surface area (Å²) in [5.41, 5.74) is 0.151. The molecule has 6 heteroatoms. The van der Waals surface area contributed by atoms with Crippen LogP contribution in [-0.2, 0) is 0 Å². The lowest BCUT2D eigenvalue weighted by Crippen LogP contribution is -2.03. The van der Waals surface area contributed by atoms with Crippen LogP contribution in [0.25, 0.3) is 11.1 Å². The highest BCUT2D eigenvalue weighted by Gasteiger charge is 2.19. The average molecular weight is 294 g/mol. The quantitative estimate of drug-likeness (QED) is 0.939. The predicted octanol–water partition coefficient (Wildman–Crippen LogP) is 3.35. The van der Waals surface area contributed by atoms with E-state index in [9.17, 15) is 18.7 Å². The van der Waals surface area contributed by atoms with Crippen molar-refractivity contribution in [2.75, 3.05) is 14.2 Å². The minimum Gasteiger partial charge on any atom is -0.493 e. The number of benzene rings is 2. The largest absolute Gasteiger partial charge is 0.493 e. The van der Waals surface area contributed by atoms with Gasteiger partial charge in [0.2, 0.25) is 0 Å². The van der Waals surface area contributed by atoms with Gasteiger partial charge in [0.1, 0.15) is 17.2 Å². The van der Waals surface area contributed by atoms with Gasteiger partial charge in [-0.1, -0.05) is 0 Å². The third-order valence-corrected chi connectivity index (χ3v) is 2.95. The zero-order valence-corrected chi connectivity index (χ0v) is 11.3. The first-order chi connectivity index (χ1) is 9.97. The minimum absolute atomic E-state index is 0.0382. The molecule has 0 saturated carbocycles. The summed E-state index contributed by atoms with van der Waals surface area (Å²) in [6, 6.07) is 5.74. The molecule has 0 amide bonds. The molecule has 0 aromatic heterocycles. The topological polar surface area (TPSA) is 55.8 Å². The summed E-state index contributed by atoms with van der Waals surface area (Å²) >= 11 is 0. The lowest BCUT2D eigenvalue weighted by Gasteiger charge is -2.13. The van der Waals surface area contributed by atoms with Gasteiger partial charge >= 0.3 is 5.97 Å². The zero-order chi connectivity index (χ0) is 15.6. The number of carboxylic acid groups (broad SMARTS) is 1. The molecule has 0 aliphatic rings. The van der Waals surface area contributed by atoms with Crippen molar-refractivity contribution in [3.8, 4) is 22.6 Å². The first-order valence-electron chi connectivity index (χ1n) is 5.92. The van der Waals surface area contributed by atoms with Crippen LogP contribution in [0.2, 0.25) is 0 Å². The monoisotopic (exact) mass is 294 g/mol. The van der Waals surface area contributed by atoms with Crippen LogP contribution in [0.3, 0.4) is 0 Å². The van der Waals surface area contributed by atoms with Gasteiger partial charge in [-0.3, -0.25) is 0 Å². The third-order valence-electron chi connectivity index (χ3n) is 2.95. The molecule has 110 valence electrons. The van der Waals surface area contributed by atoms with Gasteiger partial charge in [-0.05, 0) is 29.8 Å². The van der Waals surface area contributed by atoms with E-state index in [4.69, 9.17) is 9.47 Å². The van der Waals surface area contributed by atoms with Crippen molar-refractivity contribution in [1.29, 1.82) is 0 Å². The fourth-order valence-electron chi connectivity index (χ4n) is 2.00. The Labute approximate surface area is 119 Å². The molecule has 2 aromatic carbocycles. The van der Waals surface area contributed by atoms with E-state index in [2.05, 4.69) is 0 Å². The van der Waals surface area contributed by atoms with Crippen molar-refractivity contribution < 1.29 is 28.2 Å². The Bertz CT molecular complexity index is 698. The van der Waals surface area contributed by atoms with Gasteiger partial charge in [0.15, 0.2) is 11.5 Å². The lowest BCUT2D eigenvalue weighted by molar-refractivity contribution is 0.0692. The van der Waals surface area contributed by atoms with Crippen LogP contribution >= 0.6 is 0 Å². The molecule has 0 spiro atoms. The van der Waals surface area contributed by atoms with E-state index in [-0.39, 0.29) is 28.2 Å². The number of hydrogen-bond acceptors (Lipinski definition) is 3. The summed E-state index contributed by atoms with van der Waals surface area (Å²) in [6.07, 6.45) is 0. The first kappa shape index (κ1) is 14.8. The van der Waals surface area contributed by atoms with Crippen LogP contribution in [0.4, 0.5) is 8.78 Å². The van der Waals surface area contributed by atoms with Gasteiger partial charge in [-0.25, -0.2) is 13.6 Å². The van der Waals surface area contributed by atoms with Crippen LogP contribution < -0.4 is 9.47 Å². The Morgan fingerprint density at radius 1 is 1.10 bits per heavy atom. The highest BCUT2D eigenvalue weighted by molar-refractivity contribution is 5.94. The van der Waals surface area contributed by atoms with E-state index in [1.807, 2.05) is 0 Å². The summed E-state index contributed by atoms with van der Waals surface area (Å²) in [5, 5.41) is 9.21. The number of carbonyl (C=O) groups is 1. The van der Waals surface area contributed by atoms with Crippen LogP contribution in [0, 0.1) is 11.6 Å². The van der Waals surface area contributed by atoms with Crippen molar-refractivity contribution >= 4 is 5.97 Å². The fraction of sp³-hybridized carbons (Fsp3) is 0.133. The molecule has 1 N–H and O–H groups in total. The van der Waals surface area contributed by atoms with Crippen molar-refractivity contribution in [1.82, 2.24) is 0 Å². The summed E-state index contributed by atoms with van der Waals surface area (Å²) in [4.78, 5) is 11.3. The molecule has 2 rings (SSSR count).